The fourth-order valence-corrected chi connectivity index (χ4v) is 2.10. The van der Waals surface area contributed by atoms with Gasteiger partial charge >= 0.3 is 0 Å². The van der Waals surface area contributed by atoms with E-state index < -0.39 is 5.03 Å². The molecule has 82 valence electrons. The van der Waals surface area contributed by atoms with Gasteiger partial charge in [-0.3, -0.25) is 4.99 Å². The molecule has 1 aliphatic heterocycles. The molecule has 0 aliphatic carbocycles. The summed E-state index contributed by atoms with van der Waals surface area (Å²) in [5, 5.41) is 11.8. The third kappa shape index (κ3) is 2.60. The van der Waals surface area contributed by atoms with Crippen LogP contribution in [0.2, 0.25) is 0 Å². The number of hydrazine groups is 1. The summed E-state index contributed by atoms with van der Waals surface area (Å²) >= 11 is 1.44. The predicted octanol–water partition coefficient (Wildman–Crippen LogP) is 2.16. The van der Waals surface area contributed by atoms with Crippen molar-refractivity contribution in [1.29, 1.82) is 0 Å². The zero-order valence-corrected chi connectivity index (χ0v) is 9.13. The molecule has 0 amide bonds. The molecule has 2 rings (SSSR count). The Bertz CT molecular complexity index is 445. The van der Waals surface area contributed by atoms with Crippen LogP contribution in [0.4, 0.5) is 0 Å². The van der Waals surface area contributed by atoms with Crippen LogP contribution in [0.15, 0.2) is 52.6 Å². The number of nitrogens with zero attached hydrogens (tertiary/aromatic N) is 3. The van der Waals surface area contributed by atoms with Crippen molar-refractivity contribution < 1.29 is 5.03 Å². The van der Waals surface area contributed by atoms with Gasteiger partial charge in [-0.2, -0.15) is 0 Å². The number of hydrogen-bond acceptors (Lipinski definition) is 4. The third-order valence-electron chi connectivity index (χ3n) is 1.94. The lowest BCUT2D eigenvalue weighted by molar-refractivity contribution is -0.636. The quantitative estimate of drug-likeness (QED) is 0.582. The number of nitro groups is 1. The standard InChI is InChI=1S/C10H9N3O2S/c14-13(15)12-7-6-11-10(8-12)16-9-4-2-1-3-5-9/h1-7H,8H2. The molecule has 1 aliphatic rings. The second kappa shape index (κ2) is 4.80. The Morgan fingerprint density at radius 3 is 2.81 bits per heavy atom. The molecule has 0 spiro atoms. The zero-order chi connectivity index (χ0) is 11.4. The predicted molar refractivity (Wildman–Crippen MR) is 62.6 cm³/mol. The van der Waals surface area contributed by atoms with Crippen LogP contribution in [0, 0.1) is 10.1 Å². The van der Waals surface area contributed by atoms with Crippen molar-refractivity contribution in [2.24, 2.45) is 4.99 Å². The third-order valence-corrected chi connectivity index (χ3v) is 2.92. The smallest absolute Gasteiger partial charge is 0.165 e. The van der Waals surface area contributed by atoms with Gasteiger partial charge in [-0.1, -0.05) is 35.0 Å². The second-order valence-corrected chi connectivity index (χ2v) is 4.22. The normalized spacial score (nSPS) is 14.8. The molecule has 0 aromatic heterocycles. The monoisotopic (exact) mass is 235 g/mol. The molecule has 0 N–H and O–H groups in total. The first-order chi connectivity index (χ1) is 7.75. The summed E-state index contributed by atoms with van der Waals surface area (Å²) in [5.41, 5.74) is 0. The number of hydrogen-bond donors (Lipinski definition) is 0. The lowest BCUT2D eigenvalue weighted by atomic mass is 10.4. The van der Waals surface area contributed by atoms with Crippen LogP contribution >= 0.6 is 11.8 Å². The van der Waals surface area contributed by atoms with Crippen molar-refractivity contribution in [2.75, 3.05) is 6.54 Å². The fraction of sp³-hybridized carbons (Fsp3) is 0.100. The summed E-state index contributed by atoms with van der Waals surface area (Å²) in [6.45, 7) is 0.211. The van der Waals surface area contributed by atoms with E-state index in [-0.39, 0.29) is 6.54 Å². The van der Waals surface area contributed by atoms with E-state index in [2.05, 4.69) is 4.99 Å². The average molecular weight is 235 g/mol. The van der Waals surface area contributed by atoms with Crippen LogP contribution in [0.1, 0.15) is 0 Å². The lowest BCUT2D eigenvalue weighted by Crippen LogP contribution is -2.30. The van der Waals surface area contributed by atoms with Gasteiger partial charge in [-0.15, -0.1) is 0 Å². The molecule has 1 heterocycles. The Hall–Kier alpha value is -1.82. The Morgan fingerprint density at radius 1 is 1.38 bits per heavy atom. The molecule has 0 saturated carbocycles. The maximum absolute atomic E-state index is 10.6. The number of benzene rings is 1. The maximum Gasteiger partial charge on any atom is 0.165 e. The molecular formula is C10H9N3O2S. The number of thioether (sulfide) groups is 1. The highest BCUT2D eigenvalue weighted by atomic mass is 32.2. The Balaban J connectivity index is 2.04. The summed E-state index contributed by atoms with van der Waals surface area (Å²) in [4.78, 5) is 15.7. The van der Waals surface area contributed by atoms with Crippen LogP contribution in [-0.4, -0.2) is 21.6 Å². The van der Waals surface area contributed by atoms with Crippen molar-refractivity contribution in [3.05, 3.63) is 52.8 Å². The first-order valence-corrected chi connectivity index (χ1v) is 5.44. The number of rotatable bonds is 2. The van der Waals surface area contributed by atoms with Gasteiger partial charge in [0.1, 0.15) is 11.6 Å². The number of aliphatic imine (C=N–C) groups is 1. The summed E-state index contributed by atoms with van der Waals surface area (Å²) < 4.78 is 0. The highest BCUT2D eigenvalue weighted by molar-refractivity contribution is 8.14. The van der Waals surface area contributed by atoms with Gasteiger partial charge in [0.15, 0.2) is 5.03 Å². The van der Waals surface area contributed by atoms with Crippen molar-refractivity contribution in [3.63, 3.8) is 0 Å². The first-order valence-electron chi connectivity index (χ1n) is 4.63. The minimum atomic E-state index is -0.448. The zero-order valence-electron chi connectivity index (χ0n) is 8.31. The van der Waals surface area contributed by atoms with E-state index in [1.165, 1.54) is 24.2 Å². The summed E-state index contributed by atoms with van der Waals surface area (Å²) in [7, 11) is 0. The lowest BCUT2D eigenvalue weighted by Gasteiger charge is -2.13. The Kier molecular flexibility index (Phi) is 3.21. The van der Waals surface area contributed by atoms with E-state index in [0.29, 0.717) is 5.04 Å². The minimum Gasteiger partial charge on any atom is -0.250 e. The van der Waals surface area contributed by atoms with Crippen molar-refractivity contribution >= 4 is 16.8 Å². The van der Waals surface area contributed by atoms with E-state index >= 15 is 0 Å². The molecule has 1 aromatic rings. The SMILES string of the molecule is O=[N+]([O-])N1C=CN=C(Sc2ccccc2)C1. The molecule has 0 bridgehead atoms. The van der Waals surface area contributed by atoms with Crippen LogP contribution in [-0.2, 0) is 0 Å². The second-order valence-electron chi connectivity index (χ2n) is 3.07. The van der Waals surface area contributed by atoms with Crippen LogP contribution in [0.5, 0.6) is 0 Å². The average Bonchev–Trinajstić information content (AvgIpc) is 2.30. The topological polar surface area (TPSA) is 58.7 Å². The van der Waals surface area contributed by atoms with Gasteiger partial charge < -0.3 is 0 Å². The van der Waals surface area contributed by atoms with Crippen LogP contribution < -0.4 is 0 Å². The Morgan fingerprint density at radius 2 is 2.12 bits per heavy atom. The van der Waals surface area contributed by atoms with E-state index in [0.717, 1.165) is 9.90 Å². The molecule has 16 heavy (non-hydrogen) atoms. The van der Waals surface area contributed by atoms with Gasteiger partial charge in [0.2, 0.25) is 0 Å². The largest absolute Gasteiger partial charge is 0.250 e. The molecular weight excluding hydrogens is 226 g/mol. The van der Waals surface area contributed by atoms with Gasteiger partial charge in [0, 0.05) is 11.1 Å². The van der Waals surface area contributed by atoms with Crippen molar-refractivity contribution in [3.8, 4) is 0 Å². The molecule has 0 fully saturated rings. The van der Waals surface area contributed by atoms with Crippen LogP contribution in [0.3, 0.4) is 0 Å². The molecule has 6 heteroatoms. The van der Waals surface area contributed by atoms with E-state index in [1.807, 2.05) is 30.3 Å². The van der Waals surface area contributed by atoms with Crippen molar-refractivity contribution in [2.45, 2.75) is 4.90 Å². The molecule has 5 nitrogen and oxygen atoms in total. The highest BCUT2D eigenvalue weighted by Crippen LogP contribution is 2.21. The first kappa shape index (κ1) is 10.7. The van der Waals surface area contributed by atoms with E-state index in [4.69, 9.17) is 0 Å². The summed E-state index contributed by atoms with van der Waals surface area (Å²) in [6, 6.07) is 9.67. The van der Waals surface area contributed by atoms with Crippen LogP contribution in [0.25, 0.3) is 0 Å². The maximum atomic E-state index is 10.6. The summed E-state index contributed by atoms with van der Waals surface area (Å²) in [6.07, 6.45) is 2.80. The Labute approximate surface area is 96.6 Å². The van der Waals surface area contributed by atoms with Gasteiger partial charge in [-0.25, -0.2) is 10.1 Å². The van der Waals surface area contributed by atoms with Gasteiger partial charge in [0.25, 0.3) is 0 Å². The minimum absolute atomic E-state index is 0.211. The fourth-order valence-electron chi connectivity index (χ4n) is 1.22. The molecule has 0 unspecified atom stereocenters. The molecule has 0 saturated heterocycles. The van der Waals surface area contributed by atoms with E-state index in [1.54, 1.807) is 0 Å². The van der Waals surface area contributed by atoms with Gasteiger partial charge in [0.05, 0.1) is 6.20 Å². The van der Waals surface area contributed by atoms with Gasteiger partial charge in [-0.05, 0) is 12.1 Å². The van der Waals surface area contributed by atoms with Crippen molar-refractivity contribution in [1.82, 2.24) is 5.01 Å². The summed E-state index contributed by atoms with van der Waals surface area (Å²) in [5.74, 6) is 0. The molecule has 1 aromatic carbocycles. The molecule has 0 atom stereocenters. The molecule has 0 radical (unpaired) electrons. The van der Waals surface area contributed by atoms with E-state index in [9.17, 15) is 10.1 Å². The highest BCUT2D eigenvalue weighted by Gasteiger charge is 2.17.